The molecule has 2 aliphatic heterocycles. The Morgan fingerprint density at radius 2 is 1.50 bits per heavy atom. The molecular weight excluding hydrogens is 284 g/mol. The minimum absolute atomic E-state index is 0.00282. The Kier molecular flexibility index (Phi) is 1.90. The van der Waals surface area contributed by atoms with Crippen molar-refractivity contribution in [1.82, 2.24) is 10.6 Å². The van der Waals surface area contributed by atoms with Crippen molar-refractivity contribution in [3.8, 4) is 0 Å². The van der Waals surface area contributed by atoms with Crippen LogP contribution in [0, 0.1) is 46.8 Å². The van der Waals surface area contributed by atoms with Gasteiger partial charge in [-0.2, -0.15) is 0 Å². The van der Waals surface area contributed by atoms with Gasteiger partial charge in [-0.25, -0.2) is 0 Å². The molecule has 0 spiro atoms. The van der Waals surface area contributed by atoms with Crippen molar-refractivity contribution in [1.29, 1.82) is 0 Å². The molecule has 2 heterocycles. The van der Waals surface area contributed by atoms with Gasteiger partial charge in [-0.05, 0) is 24.7 Å². The maximum absolute atomic E-state index is 12.3. The lowest BCUT2D eigenvalue weighted by Crippen LogP contribution is -2.68. The van der Waals surface area contributed by atoms with Gasteiger partial charge in [0.25, 0.3) is 0 Å². The predicted octanol–water partition coefficient (Wildman–Crippen LogP) is -0.394. The molecular formula is C16H16N2O4. The number of nitrogens with one attached hydrogen (secondary N) is 2. The lowest BCUT2D eigenvalue weighted by molar-refractivity contribution is -0.188. The zero-order valence-electron chi connectivity index (χ0n) is 12.3. The third-order valence-corrected chi connectivity index (χ3v) is 7.14. The Hall–Kier alpha value is -1.98. The van der Waals surface area contributed by atoms with E-state index in [1.807, 2.05) is 13.8 Å². The van der Waals surface area contributed by atoms with Crippen LogP contribution in [0.1, 0.15) is 13.8 Å². The van der Waals surface area contributed by atoms with E-state index in [2.05, 4.69) is 16.7 Å². The van der Waals surface area contributed by atoms with Crippen LogP contribution in [0.15, 0.2) is 11.6 Å². The van der Waals surface area contributed by atoms with Crippen LogP contribution in [0.4, 0.5) is 0 Å². The fourth-order valence-corrected chi connectivity index (χ4v) is 6.26. The van der Waals surface area contributed by atoms with E-state index in [4.69, 9.17) is 0 Å². The third-order valence-electron chi connectivity index (χ3n) is 7.14. The summed E-state index contributed by atoms with van der Waals surface area (Å²) < 4.78 is 0. The number of hydrogen-bond donors (Lipinski definition) is 2. The first kappa shape index (κ1) is 12.6. The van der Waals surface area contributed by atoms with Crippen LogP contribution in [0.5, 0.6) is 0 Å². The third kappa shape index (κ3) is 1.01. The number of allylic oxidation sites excluding steroid dienone is 2. The molecule has 0 aromatic rings. The molecule has 4 aliphatic carbocycles. The molecule has 0 aromatic carbocycles. The maximum Gasteiger partial charge on any atom is 0.231 e. The zero-order chi connectivity index (χ0) is 15.5. The molecule has 6 rings (SSSR count). The summed E-state index contributed by atoms with van der Waals surface area (Å²) in [5.41, 5.74) is 0.569. The van der Waals surface area contributed by atoms with Crippen molar-refractivity contribution >= 4 is 23.6 Å². The van der Waals surface area contributed by atoms with Crippen molar-refractivity contribution in [3.63, 3.8) is 0 Å². The minimum atomic E-state index is -0.510. The number of carbonyl (C=O) groups excluding carboxylic acids is 4. The average Bonchev–Trinajstić information content (AvgIpc) is 2.80. The number of amides is 4. The normalized spacial score (nSPS) is 54.1. The second-order valence-electron chi connectivity index (χ2n) is 7.57. The van der Waals surface area contributed by atoms with Gasteiger partial charge in [0, 0.05) is 5.41 Å². The first-order chi connectivity index (χ1) is 10.4. The Labute approximate surface area is 126 Å². The van der Waals surface area contributed by atoms with Crippen LogP contribution in [0.2, 0.25) is 0 Å². The van der Waals surface area contributed by atoms with Crippen LogP contribution in [-0.2, 0) is 19.2 Å². The van der Waals surface area contributed by atoms with E-state index >= 15 is 0 Å². The molecule has 4 amide bonds. The highest BCUT2D eigenvalue weighted by atomic mass is 16.2. The van der Waals surface area contributed by atoms with Crippen molar-refractivity contribution < 1.29 is 19.2 Å². The van der Waals surface area contributed by atoms with E-state index < -0.39 is 11.3 Å². The number of fused-ring (bicyclic) bond motifs is 1. The first-order valence-electron chi connectivity index (χ1n) is 7.75. The number of rotatable bonds is 0. The van der Waals surface area contributed by atoms with E-state index in [1.54, 1.807) is 0 Å². The van der Waals surface area contributed by atoms with Gasteiger partial charge in [-0.1, -0.05) is 18.6 Å². The summed E-state index contributed by atoms with van der Waals surface area (Å²) in [5, 5.41) is 4.90. The van der Waals surface area contributed by atoms with Crippen molar-refractivity contribution in [2.45, 2.75) is 13.8 Å². The molecule has 0 aromatic heterocycles. The largest absolute Gasteiger partial charge is 0.296 e. The quantitative estimate of drug-likeness (QED) is 0.470. The zero-order valence-corrected chi connectivity index (χ0v) is 12.3. The molecule has 2 bridgehead atoms. The summed E-state index contributed by atoms with van der Waals surface area (Å²) in [4.78, 5) is 48.8. The summed E-state index contributed by atoms with van der Waals surface area (Å²) in [5.74, 6) is -2.43. The van der Waals surface area contributed by atoms with Crippen molar-refractivity contribution in [2.75, 3.05) is 0 Å². The van der Waals surface area contributed by atoms with Crippen LogP contribution in [0.3, 0.4) is 0 Å². The summed E-state index contributed by atoms with van der Waals surface area (Å²) in [6.07, 6.45) is 2.08. The van der Waals surface area contributed by atoms with E-state index in [1.165, 1.54) is 0 Å². The number of hydrogen-bond acceptors (Lipinski definition) is 4. The molecule has 6 heteroatoms. The Balaban J connectivity index is 1.72. The SMILES string of the molecule is CC1=C[C@@H]2[C@H]3C(=O)NC(=O)[C@@H]3[C@@]1(C)[C@H]1[C@H]3C(=O)NC(=O)[C@@H]3[C@H]21. The van der Waals surface area contributed by atoms with E-state index in [0.29, 0.717) is 0 Å². The molecule has 0 radical (unpaired) electrons. The van der Waals surface area contributed by atoms with Crippen LogP contribution in [0.25, 0.3) is 0 Å². The van der Waals surface area contributed by atoms with E-state index in [0.717, 1.165) is 5.57 Å². The molecule has 2 saturated carbocycles. The molecule has 0 unspecified atom stereocenters. The van der Waals surface area contributed by atoms with Crippen LogP contribution >= 0.6 is 0 Å². The molecule has 22 heavy (non-hydrogen) atoms. The lowest BCUT2D eigenvalue weighted by Gasteiger charge is -2.66. The smallest absolute Gasteiger partial charge is 0.231 e. The molecule has 4 fully saturated rings. The standard InChI is InChI=1S/C16H16N2O4/c1-4-3-5-6-8-9(14(21)17-13(8)20)10(6)16(4,2)11-7(5)12(19)18-15(11)22/h3,5-11H,1-2H3,(H,17,20,21)(H,18,19,22)/t5-,6-,7+,8+,9-,10+,11+,16+/m0/s1. The summed E-state index contributed by atoms with van der Waals surface area (Å²) in [6, 6.07) is 0. The maximum atomic E-state index is 12.3. The highest BCUT2D eigenvalue weighted by molar-refractivity contribution is 6.09. The minimum Gasteiger partial charge on any atom is -0.296 e. The Morgan fingerprint density at radius 1 is 0.909 bits per heavy atom. The molecule has 6 aliphatic rings. The van der Waals surface area contributed by atoms with Crippen LogP contribution in [-0.4, -0.2) is 23.6 Å². The van der Waals surface area contributed by atoms with Gasteiger partial charge >= 0.3 is 0 Å². The highest BCUT2D eigenvalue weighted by Crippen LogP contribution is 2.72. The summed E-state index contributed by atoms with van der Waals surface area (Å²) >= 11 is 0. The van der Waals surface area contributed by atoms with E-state index in [9.17, 15) is 19.2 Å². The Morgan fingerprint density at radius 3 is 2.23 bits per heavy atom. The molecule has 114 valence electrons. The van der Waals surface area contributed by atoms with Gasteiger partial charge < -0.3 is 0 Å². The average molecular weight is 300 g/mol. The molecule has 8 atom stereocenters. The van der Waals surface area contributed by atoms with E-state index in [-0.39, 0.29) is 59.1 Å². The fraction of sp³-hybridized carbons (Fsp3) is 0.625. The number of imide groups is 2. The van der Waals surface area contributed by atoms with Gasteiger partial charge in [-0.15, -0.1) is 0 Å². The Bertz CT molecular complexity index is 726. The monoisotopic (exact) mass is 300 g/mol. The van der Waals surface area contributed by atoms with Gasteiger partial charge in [0.05, 0.1) is 23.7 Å². The molecule has 2 saturated heterocycles. The van der Waals surface area contributed by atoms with Gasteiger partial charge in [0.1, 0.15) is 0 Å². The molecule has 6 nitrogen and oxygen atoms in total. The van der Waals surface area contributed by atoms with Crippen LogP contribution < -0.4 is 10.6 Å². The van der Waals surface area contributed by atoms with Gasteiger partial charge in [0.15, 0.2) is 0 Å². The molecule has 2 N–H and O–H groups in total. The van der Waals surface area contributed by atoms with Crippen molar-refractivity contribution in [3.05, 3.63) is 11.6 Å². The lowest BCUT2D eigenvalue weighted by atomic mass is 9.34. The second-order valence-corrected chi connectivity index (χ2v) is 7.57. The summed E-state index contributed by atoms with van der Waals surface area (Å²) in [7, 11) is 0. The summed E-state index contributed by atoms with van der Waals surface area (Å²) in [6.45, 7) is 3.98. The first-order valence-corrected chi connectivity index (χ1v) is 7.75. The second kappa shape index (κ2) is 3.34. The van der Waals surface area contributed by atoms with Gasteiger partial charge in [-0.3, -0.25) is 29.8 Å². The number of carbonyl (C=O) groups is 4. The highest BCUT2D eigenvalue weighted by Gasteiger charge is 2.77. The predicted molar refractivity (Wildman–Crippen MR) is 72.6 cm³/mol. The topological polar surface area (TPSA) is 92.3 Å². The van der Waals surface area contributed by atoms with Gasteiger partial charge in [0.2, 0.25) is 23.6 Å². The van der Waals surface area contributed by atoms with Crippen molar-refractivity contribution in [2.24, 2.45) is 46.8 Å². The fourth-order valence-electron chi connectivity index (χ4n) is 6.26.